The van der Waals surface area contributed by atoms with Gasteiger partial charge >= 0.3 is 6.18 Å². The number of halogens is 3. The Balaban J connectivity index is 1.65. The Bertz CT molecular complexity index is 888. The Morgan fingerprint density at radius 3 is 1.90 bits per heavy atom. The quantitative estimate of drug-likeness (QED) is 0.751. The summed E-state index contributed by atoms with van der Waals surface area (Å²) in [5, 5.41) is 12.2. The molecule has 0 spiro atoms. The molecule has 0 bridgehead atoms. The second-order valence-electron chi connectivity index (χ2n) is 7.60. The van der Waals surface area contributed by atoms with Crippen LogP contribution in [0.2, 0.25) is 0 Å². The van der Waals surface area contributed by atoms with Gasteiger partial charge in [0.15, 0.2) is 0 Å². The van der Waals surface area contributed by atoms with Crippen LogP contribution in [0, 0.1) is 0 Å². The molecule has 2 aromatic rings. The fourth-order valence-electron chi connectivity index (χ4n) is 3.60. The van der Waals surface area contributed by atoms with Crippen LogP contribution >= 0.6 is 0 Å². The molecule has 1 aliphatic heterocycles. The number of benzene rings is 2. The van der Waals surface area contributed by atoms with Gasteiger partial charge in [-0.15, -0.1) is 0 Å². The maximum Gasteiger partial charge on any atom is 0.416 e. The van der Waals surface area contributed by atoms with Crippen LogP contribution in [0.4, 0.5) is 13.2 Å². The van der Waals surface area contributed by atoms with Crippen molar-refractivity contribution in [2.24, 2.45) is 0 Å². The van der Waals surface area contributed by atoms with Crippen molar-refractivity contribution in [3.8, 4) is 11.1 Å². The molecule has 1 fully saturated rings. The summed E-state index contributed by atoms with van der Waals surface area (Å²) in [6, 6.07) is 10.1. The SMILES string of the molecule is O=C(N[C@@H](CO)C(=O)N1CCCCCC1)c1ccc(-c2ccc(C(F)(F)F)cc2)cc1. The van der Waals surface area contributed by atoms with Crippen molar-refractivity contribution < 1.29 is 27.9 Å². The van der Waals surface area contributed by atoms with Crippen molar-refractivity contribution >= 4 is 11.8 Å². The van der Waals surface area contributed by atoms with Crippen LogP contribution in [0.25, 0.3) is 11.1 Å². The van der Waals surface area contributed by atoms with Crippen LogP contribution in [0.5, 0.6) is 0 Å². The number of rotatable bonds is 5. The molecule has 166 valence electrons. The number of carbonyl (C=O) groups is 2. The van der Waals surface area contributed by atoms with Crippen LogP contribution < -0.4 is 5.32 Å². The Morgan fingerprint density at radius 1 is 0.903 bits per heavy atom. The standard InChI is InChI=1S/C23H25F3N2O3/c24-23(25,26)19-11-9-17(10-12-19)16-5-7-18(8-6-16)21(30)27-20(15-29)22(31)28-13-3-1-2-4-14-28/h5-12,20,29H,1-4,13-15H2,(H,27,30)/t20-/m0/s1. The zero-order chi connectivity index (χ0) is 22.4. The van der Waals surface area contributed by atoms with Crippen LogP contribution in [0.1, 0.15) is 41.6 Å². The van der Waals surface area contributed by atoms with E-state index in [0.717, 1.165) is 37.8 Å². The number of carbonyl (C=O) groups excluding carboxylic acids is 2. The third-order valence-electron chi connectivity index (χ3n) is 5.40. The molecule has 3 rings (SSSR count). The summed E-state index contributed by atoms with van der Waals surface area (Å²) in [7, 11) is 0. The maximum absolute atomic E-state index is 12.7. The van der Waals surface area contributed by atoms with Gasteiger partial charge in [0.1, 0.15) is 6.04 Å². The number of nitrogens with zero attached hydrogens (tertiary/aromatic N) is 1. The minimum atomic E-state index is -4.39. The summed E-state index contributed by atoms with van der Waals surface area (Å²) in [5.74, 6) is -0.791. The van der Waals surface area contributed by atoms with Crippen molar-refractivity contribution in [2.45, 2.75) is 37.9 Å². The lowest BCUT2D eigenvalue weighted by molar-refractivity contribution is -0.137. The Morgan fingerprint density at radius 2 is 1.42 bits per heavy atom. The fourth-order valence-corrected chi connectivity index (χ4v) is 3.60. The largest absolute Gasteiger partial charge is 0.416 e. The van der Waals surface area contributed by atoms with Gasteiger partial charge in [0.25, 0.3) is 5.91 Å². The molecular weight excluding hydrogens is 409 g/mol. The molecule has 0 aromatic heterocycles. The first-order valence-corrected chi connectivity index (χ1v) is 10.3. The van der Waals surface area contributed by atoms with Crippen LogP contribution in [0.15, 0.2) is 48.5 Å². The maximum atomic E-state index is 12.7. The topological polar surface area (TPSA) is 69.6 Å². The van der Waals surface area contributed by atoms with Gasteiger partial charge in [-0.1, -0.05) is 37.1 Å². The summed E-state index contributed by atoms with van der Waals surface area (Å²) in [6.45, 7) is 0.741. The normalized spacial score (nSPS) is 15.8. The van der Waals surface area contributed by atoms with Crippen molar-refractivity contribution in [3.63, 3.8) is 0 Å². The third kappa shape index (κ3) is 5.85. The average molecular weight is 434 g/mol. The molecule has 0 radical (unpaired) electrons. The first-order valence-electron chi connectivity index (χ1n) is 10.3. The monoisotopic (exact) mass is 434 g/mol. The predicted molar refractivity (Wildman–Crippen MR) is 110 cm³/mol. The molecule has 1 atom stereocenters. The van der Waals surface area contributed by atoms with Crippen molar-refractivity contribution in [1.29, 1.82) is 0 Å². The summed E-state index contributed by atoms with van der Waals surface area (Å²) in [5.41, 5.74) is 0.809. The number of aliphatic hydroxyl groups is 1. The number of likely N-dealkylation sites (tertiary alicyclic amines) is 1. The summed E-state index contributed by atoms with van der Waals surface area (Å²) >= 11 is 0. The second-order valence-corrected chi connectivity index (χ2v) is 7.60. The molecule has 5 nitrogen and oxygen atoms in total. The van der Waals surface area contributed by atoms with E-state index in [1.54, 1.807) is 17.0 Å². The van der Waals surface area contributed by atoms with E-state index in [4.69, 9.17) is 0 Å². The van der Waals surface area contributed by atoms with Crippen LogP contribution in [0.3, 0.4) is 0 Å². The van der Waals surface area contributed by atoms with Crippen LogP contribution in [-0.4, -0.2) is 47.6 Å². The molecule has 2 amide bonds. The number of nitrogens with one attached hydrogen (secondary N) is 1. The molecule has 1 saturated heterocycles. The lowest BCUT2D eigenvalue weighted by Gasteiger charge is -2.25. The zero-order valence-electron chi connectivity index (χ0n) is 17.0. The van der Waals surface area contributed by atoms with Crippen molar-refractivity contribution in [2.75, 3.05) is 19.7 Å². The van der Waals surface area contributed by atoms with Gasteiger partial charge in [0.2, 0.25) is 5.91 Å². The highest BCUT2D eigenvalue weighted by molar-refractivity contribution is 5.98. The van der Waals surface area contributed by atoms with Gasteiger partial charge < -0.3 is 15.3 Å². The molecule has 8 heteroatoms. The highest BCUT2D eigenvalue weighted by Crippen LogP contribution is 2.31. The van der Waals surface area contributed by atoms with E-state index < -0.39 is 30.3 Å². The van der Waals surface area contributed by atoms with Gasteiger partial charge in [-0.2, -0.15) is 13.2 Å². The van der Waals surface area contributed by atoms with Gasteiger partial charge in [0.05, 0.1) is 12.2 Å². The Labute approximate surface area is 178 Å². The summed E-state index contributed by atoms with van der Waals surface area (Å²) < 4.78 is 38.1. The molecule has 2 aromatic carbocycles. The number of aliphatic hydroxyl groups excluding tert-OH is 1. The van der Waals surface area contributed by atoms with Gasteiger partial charge in [-0.25, -0.2) is 0 Å². The molecule has 0 unspecified atom stereocenters. The molecule has 0 aliphatic carbocycles. The highest BCUT2D eigenvalue weighted by atomic mass is 19.4. The molecule has 31 heavy (non-hydrogen) atoms. The minimum absolute atomic E-state index is 0.290. The van der Waals surface area contributed by atoms with E-state index in [1.807, 2.05) is 0 Å². The number of alkyl halides is 3. The first kappa shape index (κ1) is 22.8. The van der Waals surface area contributed by atoms with Gasteiger partial charge in [-0.3, -0.25) is 9.59 Å². The molecule has 1 aliphatic rings. The fraction of sp³-hybridized carbons (Fsp3) is 0.391. The average Bonchev–Trinajstić information content (AvgIpc) is 3.06. The van der Waals surface area contributed by atoms with E-state index in [2.05, 4.69) is 5.32 Å². The summed E-state index contributed by atoms with van der Waals surface area (Å²) in [6.07, 6.45) is -0.461. The van der Waals surface area contributed by atoms with Crippen molar-refractivity contribution in [3.05, 3.63) is 59.7 Å². The molecule has 2 N–H and O–H groups in total. The molecular formula is C23H25F3N2O3. The van der Waals surface area contributed by atoms with Crippen molar-refractivity contribution in [1.82, 2.24) is 10.2 Å². The second kappa shape index (κ2) is 9.96. The van der Waals surface area contributed by atoms with E-state index in [-0.39, 0.29) is 11.5 Å². The minimum Gasteiger partial charge on any atom is -0.394 e. The van der Waals surface area contributed by atoms with E-state index in [9.17, 15) is 27.9 Å². The molecule has 1 heterocycles. The van der Waals surface area contributed by atoms with Gasteiger partial charge in [-0.05, 0) is 48.2 Å². The number of hydrogen-bond donors (Lipinski definition) is 2. The zero-order valence-corrected chi connectivity index (χ0v) is 17.0. The number of hydrogen-bond acceptors (Lipinski definition) is 3. The highest BCUT2D eigenvalue weighted by Gasteiger charge is 2.30. The lowest BCUT2D eigenvalue weighted by Crippen LogP contribution is -2.50. The van der Waals surface area contributed by atoms with E-state index in [0.29, 0.717) is 24.2 Å². The summed E-state index contributed by atoms with van der Waals surface area (Å²) in [4.78, 5) is 26.9. The smallest absolute Gasteiger partial charge is 0.394 e. The Hall–Kier alpha value is -2.87. The van der Waals surface area contributed by atoms with E-state index >= 15 is 0 Å². The van der Waals surface area contributed by atoms with E-state index in [1.165, 1.54) is 24.3 Å². The first-order chi connectivity index (χ1) is 14.8. The number of amides is 2. The van der Waals surface area contributed by atoms with Crippen LogP contribution in [-0.2, 0) is 11.0 Å². The lowest BCUT2D eigenvalue weighted by atomic mass is 10.0. The Kier molecular flexibility index (Phi) is 7.33. The van der Waals surface area contributed by atoms with Gasteiger partial charge in [0, 0.05) is 18.7 Å². The predicted octanol–water partition coefficient (Wildman–Crippen LogP) is 3.87. The third-order valence-corrected chi connectivity index (χ3v) is 5.40. The molecule has 0 saturated carbocycles.